The lowest BCUT2D eigenvalue weighted by atomic mass is 9.85. The maximum absolute atomic E-state index is 11.3. The summed E-state index contributed by atoms with van der Waals surface area (Å²) in [5.41, 5.74) is 1.82. The fourth-order valence-electron chi connectivity index (χ4n) is 2.49. The summed E-state index contributed by atoms with van der Waals surface area (Å²) in [4.78, 5) is 17.7. The highest BCUT2D eigenvalue weighted by Gasteiger charge is 2.27. The van der Waals surface area contributed by atoms with Gasteiger partial charge in [-0.05, 0) is 25.0 Å². The molecule has 0 bridgehead atoms. The van der Waals surface area contributed by atoms with E-state index in [1.54, 1.807) is 0 Å². The molecule has 0 aromatic carbocycles. The average Bonchev–Trinajstić information content (AvgIpc) is 2.66. The van der Waals surface area contributed by atoms with Crippen LogP contribution in [0, 0.1) is 0 Å². The molecule has 0 saturated heterocycles. The Balaban J connectivity index is 2.21. The lowest BCUT2D eigenvalue weighted by molar-refractivity contribution is 0.0693. The van der Waals surface area contributed by atoms with Crippen LogP contribution in [-0.2, 0) is 0 Å². The fraction of sp³-hybridized carbons (Fsp3) is 0.429. The molecule has 100 valence electrons. The van der Waals surface area contributed by atoms with E-state index < -0.39 is 5.97 Å². The molecule has 5 nitrogen and oxygen atoms in total. The first-order valence-corrected chi connectivity index (χ1v) is 6.50. The Morgan fingerprint density at radius 3 is 2.74 bits per heavy atom. The number of anilines is 1. The first-order valence-electron chi connectivity index (χ1n) is 6.50. The Bertz CT molecular complexity index is 641. The first kappa shape index (κ1) is 12.0. The van der Waals surface area contributed by atoms with Crippen molar-refractivity contribution in [3.8, 4) is 0 Å². The van der Waals surface area contributed by atoms with Crippen molar-refractivity contribution in [2.45, 2.75) is 25.2 Å². The summed E-state index contributed by atoms with van der Waals surface area (Å²) in [5, 5.41) is 9.31. The summed E-state index contributed by atoms with van der Waals surface area (Å²) in [5.74, 6) is 0.341. The van der Waals surface area contributed by atoms with E-state index in [1.807, 2.05) is 41.7 Å². The third-order valence-electron chi connectivity index (χ3n) is 3.84. The molecule has 5 heteroatoms. The minimum Gasteiger partial charge on any atom is -0.476 e. The van der Waals surface area contributed by atoms with Crippen LogP contribution in [0.5, 0.6) is 0 Å². The van der Waals surface area contributed by atoms with Crippen LogP contribution >= 0.6 is 0 Å². The molecule has 1 aliphatic rings. The van der Waals surface area contributed by atoms with Gasteiger partial charge in [-0.3, -0.25) is 0 Å². The highest BCUT2D eigenvalue weighted by atomic mass is 16.4. The van der Waals surface area contributed by atoms with Crippen LogP contribution in [0.3, 0.4) is 0 Å². The van der Waals surface area contributed by atoms with Crippen LogP contribution in [0.25, 0.3) is 5.52 Å². The number of hydrogen-bond acceptors (Lipinski definition) is 3. The summed E-state index contributed by atoms with van der Waals surface area (Å²) < 4.78 is 1.93. The molecular formula is C14H17N3O2. The van der Waals surface area contributed by atoms with E-state index in [4.69, 9.17) is 0 Å². The predicted octanol–water partition coefficient (Wildman–Crippen LogP) is 2.37. The second-order valence-electron chi connectivity index (χ2n) is 5.29. The average molecular weight is 259 g/mol. The molecule has 2 aromatic rings. The van der Waals surface area contributed by atoms with E-state index in [9.17, 15) is 9.90 Å². The van der Waals surface area contributed by atoms with Crippen molar-refractivity contribution in [1.82, 2.24) is 9.38 Å². The number of aromatic nitrogens is 2. The maximum atomic E-state index is 11.3. The monoisotopic (exact) mass is 259 g/mol. The Labute approximate surface area is 111 Å². The van der Waals surface area contributed by atoms with Gasteiger partial charge in [0.2, 0.25) is 0 Å². The summed E-state index contributed by atoms with van der Waals surface area (Å²) in [6.07, 6.45) is 5.34. The quantitative estimate of drug-likeness (QED) is 0.919. The number of imidazole rings is 1. The van der Waals surface area contributed by atoms with Crippen molar-refractivity contribution in [2.75, 3.05) is 19.0 Å². The minimum atomic E-state index is -0.959. The molecule has 1 N–H and O–H groups in total. The molecule has 1 aliphatic carbocycles. The largest absolute Gasteiger partial charge is 0.476 e. The predicted molar refractivity (Wildman–Crippen MR) is 73.1 cm³/mol. The third kappa shape index (κ3) is 1.85. The van der Waals surface area contributed by atoms with E-state index in [0.717, 1.165) is 24.4 Å². The lowest BCUT2D eigenvalue weighted by Gasteiger charge is -2.24. The maximum Gasteiger partial charge on any atom is 0.356 e. The zero-order valence-electron chi connectivity index (χ0n) is 11.1. The van der Waals surface area contributed by atoms with Crippen LogP contribution in [0.4, 0.5) is 5.69 Å². The number of fused-ring (bicyclic) bond motifs is 1. The Hall–Kier alpha value is -2.04. The van der Waals surface area contributed by atoms with Crippen LogP contribution in [-0.4, -0.2) is 34.6 Å². The second-order valence-corrected chi connectivity index (χ2v) is 5.29. The summed E-state index contributed by atoms with van der Waals surface area (Å²) in [6.45, 7) is 0. The molecule has 0 unspecified atom stereocenters. The van der Waals surface area contributed by atoms with Crippen LogP contribution < -0.4 is 4.90 Å². The third-order valence-corrected chi connectivity index (χ3v) is 3.84. The van der Waals surface area contributed by atoms with Gasteiger partial charge in [-0.1, -0.05) is 6.42 Å². The van der Waals surface area contributed by atoms with Gasteiger partial charge in [0.1, 0.15) is 5.82 Å². The molecular weight excluding hydrogens is 242 g/mol. The molecule has 0 amide bonds. The molecule has 1 fully saturated rings. The number of nitrogens with zero attached hydrogens (tertiary/aromatic N) is 3. The highest BCUT2D eigenvalue weighted by molar-refractivity contribution is 5.94. The molecule has 0 radical (unpaired) electrons. The molecule has 2 heterocycles. The van der Waals surface area contributed by atoms with Crippen molar-refractivity contribution in [3.05, 3.63) is 29.8 Å². The van der Waals surface area contributed by atoms with Gasteiger partial charge >= 0.3 is 5.97 Å². The number of rotatable bonds is 3. The summed E-state index contributed by atoms with van der Waals surface area (Å²) >= 11 is 0. The van der Waals surface area contributed by atoms with Gasteiger partial charge in [-0.2, -0.15) is 0 Å². The summed E-state index contributed by atoms with van der Waals surface area (Å²) in [7, 11) is 3.88. The van der Waals surface area contributed by atoms with Gasteiger partial charge in [-0.15, -0.1) is 0 Å². The smallest absolute Gasteiger partial charge is 0.356 e. The highest BCUT2D eigenvalue weighted by Crippen LogP contribution is 2.36. The van der Waals surface area contributed by atoms with E-state index in [0.29, 0.717) is 11.4 Å². The topological polar surface area (TPSA) is 57.8 Å². The zero-order chi connectivity index (χ0) is 13.6. The van der Waals surface area contributed by atoms with Crippen molar-refractivity contribution in [2.24, 2.45) is 0 Å². The lowest BCUT2D eigenvalue weighted by Crippen LogP contribution is -2.13. The molecule has 3 rings (SSSR count). The van der Waals surface area contributed by atoms with Crippen molar-refractivity contribution in [3.63, 3.8) is 0 Å². The van der Waals surface area contributed by atoms with Gasteiger partial charge in [0.05, 0.1) is 5.52 Å². The Kier molecular flexibility index (Phi) is 2.69. The van der Waals surface area contributed by atoms with E-state index in [2.05, 4.69) is 4.98 Å². The standard InChI is InChI=1S/C14H17N3O2/c1-16(2)10-6-7-17-11(8-10)12(14(18)19)15-13(17)9-4-3-5-9/h6-9H,3-5H2,1-2H3,(H,18,19). The number of carboxylic acid groups (broad SMARTS) is 1. The van der Waals surface area contributed by atoms with E-state index >= 15 is 0 Å². The SMILES string of the molecule is CN(C)c1ccn2c(C3CCC3)nc(C(=O)O)c2c1. The number of hydrogen-bond donors (Lipinski definition) is 1. The molecule has 0 spiro atoms. The van der Waals surface area contributed by atoms with Gasteiger partial charge < -0.3 is 14.4 Å². The minimum absolute atomic E-state index is 0.158. The first-order chi connectivity index (χ1) is 9.08. The fourth-order valence-corrected chi connectivity index (χ4v) is 2.49. The Morgan fingerprint density at radius 2 is 2.21 bits per heavy atom. The normalized spacial score (nSPS) is 15.5. The van der Waals surface area contributed by atoms with Crippen LogP contribution in [0.1, 0.15) is 41.5 Å². The van der Waals surface area contributed by atoms with Crippen LogP contribution in [0.15, 0.2) is 18.3 Å². The molecule has 19 heavy (non-hydrogen) atoms. The molecule has 2 aromatic heterocycles. The number of pyridine rings is 1. The van der Waals surface area contributed by atoms with Gasteiger partial charge in [0.15, 0.2) is 5.69 Å². The van der Waals surface area contributed by atoms with Gasteiger partial charge in [-0.25, -0.2) is 9.78 Å². The number of aromatic carboxylic acids is 1. The van der Waals surface area contributed by atoms with Crippen molar-refractivity contribution >= 4 is 17.2 Å². The second kappa shape index (κ2) is 4.26. The van der Waals surface area contributed by atoms with Crippen molar-refractivity contribution in [1.29, 1.82) is 0 Å². The number of carbonyl (C=O) groups is 1. The molecule has 1 saturated carbocycles. The van der Waals surface area contributed by atoms with E-state index in [1.165, 1.54) is 6.42 Å². The van der Waals surface area contributed by atoms with Gasteiger partial charge in [0.25, 0.3) is 0 Å². The summed E-state index contributed by atoms with van der Waals surface area (Å²) in [6, 6.07) is 3.88. The zero-order valence-corrected chi connectivity index (χ0v) is 11.1. The Morgan fingerprint density at radius 1 is 1.47 bits per heavy atom. The number of carboxylic acids is 1. The van der Waals surface area contributed by atoms with E-state index in [-0.39, 0.29) is 5.69 Å². The van der Waals surface area contributed by atoms with Crippen molar-refractivity contribution < 1.29 is 9.90 Å². The molecule has 0 aliphatic heterocycles. The van der Waals surface area contributed by atoms with Crippen LogP contribution in [0.2, 0.25) is 0 Å². The van der Waals surface area contributed by atoms with Gasteiger partial charge in [0, 0.05) is 31.9 Å². The molecule has 0 atom stereocenters.